The first-order valence-electron chi connectivity index (χ1n) is 11.2. The zero-order valence-corrected chi connectivity index (χ0v) is 20.6. The summed E-state index contributed by atoms with van der Waals surface area (Å²) in [4.78, 5) is 12.7. The number of aryl methyl sites for hydroxylation is 3. The first-order valence-corrected chi connectivity index (χ1v) is 13.1. The predicted octanol–water partition coefficient (Wildman–Crippen LogP) is 5.86. The monoisotopic (exact) mass is 464 g/mol. The van der Waals surface area contributed by atoms with E-state index in [0.717, 1.165) is 41.6 Å². The van der Waals surface area contributed by atoms with Crippen molar-refractivity contribution in [2.75, 3.05) is 15.9 Å². The number of unbranched alkanes of at least 4 members (excludes halogenated alkanes) is 1. The zero-order chi connectivity index (χ0) is 24.0. The molecule has 0 heterocycles. The van der Waals surface area contributed by atoms with Gasteiger partial charge in [-0.2, -0.15) is 0 Å². The lowest BCUT2D eigenvalue weighted by Gasteiger charge is -2.26. The summed E-state index contributed by atoms with van der Waals surface area (Å²) in [6, 6.07) is 20.7. The first-order chi connectivity index (χ1) is 15.7. The largest absolute Gasteiger partial charge is 0.322 e. The van der Waals surface area contributed by atoms with Gasteiger partial charge in [0.1, 0.15) is 0 Å². The predicted molar refractivity (Wildman–Crippen MR) is 136 cm³/mol. The van der Waals surface area contributed by atoms with Crippen LogP contribution in [0.3, 0.4) is 0 Å². The summed E-state index contributed by atoms with van der Waals surface area (Å²) in [5, 5.41) is 2.92. The third kappa shape index (κ3) is 6.45. The van der Waals surface area contributed by atoms with Gasteiger partial charge in [-0.25, -0.2) is 8.42 Å². The number of hydrogen-bond acceptors (Lipinski definition) is 3. The number of hydrogen-bond donors (Lipinski definition) is 1. The maximum absolute atomic E-state index is 12.7. The summed E-state index contributed by atoms with van der Waals surface area (Å²) < 4.78 is 26.5. The van der Waals surface area contributed by atoms with Gasteiger partial charge in [0, 0.05) is 11.3 Å². The number of nitrogens with zero attached hydrogens (tertiary/aromatic N) is 1. The molecule has 3 aromatic carbocycles. The second-order valence-electron chi connectivity index (χ2n) is 8.46. The van der Waals surface area contributed by atoms with Crippen molar-refractivity contribution < 1.29 is 13.2 Å². The van der Waals surface area contributed by atoms with Crippen LogP contribution in [-0.4, -0.2) is 20.6 Å². The van der Waals surface area contributed by atoms with Gasteiger partial charge in [0.25, 0.3) is 5.91 Å². The molecule has 0 saturated carbocycles. The van der Waals surface area contributed by atoms with Crippen molar-refractivity contribution in [1.82, 2.24) is 0 Å². The Morgan fingerprint density at radius 3 is 2.00 bits per heavy atom. The lowest BCUT2D eigenvalue weighted by Crippen LogP contribution is -2.30. The molecule has 0 saturated heterocycles. The van der Waals surface area contributed by atoms with Crippen LogP contribution >= 0.6 is 0 Å². The lowest BCUT2D eigenvalue weighted by atomic mass is 10.1. The highest BCUT2D eigenvalue weighted by atomic mass is 32.2. The molecule has 0 aliphatic rings. The van der Waals surface area contributed by atoms with E-state index in [1.807, 2.05) is 56.3 Å². The molecular weight excluding hydrogens is 432 g/mol. The molecule has 174 valence electrons. The number of benzene rings is 3. The molecule has 0 fully saturated rings. The van der Waals surface area contributed by atoms with Gasteiger partial charge in [-0.1, -0.05) is 55.8 Å². The van der Waals surface area contributed by atoms with E-state index < -0.39 is 10.0 Å². The smallest absolute Gasteiger partial charge is 0.255 e. The summed E-state index contributed by atoms with van der Waals surface area (Å²) >= 11 is 0. The van der Waals surface area contributed by atoms with Crippen LogP contribution in [0.25, 0.3) is 0 Å². The molecule has 0 aliphatic heterocycles. The van der Waals surface area contributed by atoms with E-state index in [1.54, 1.807) is 24.3 Å². The molecule has 3 aromatic rings. The maximum Gasteiger partial charge on any atom is 0.255 e. The van der Waals surface area contributed by atoms with Gasteiger partial charge >= 0.3 is 0 Å². The number of anilines is 2. The van der Waals surface area contributed by atoms with E-state index >= 15 is 0 Å². The van der Waals surface area contributed by atoms with Crippen LogP contribution in [0.4, 0.5) is 11.4 Å². The van der Waals surface area contributed by atoms with Gasteiger partial charge in [0.2, 0.25) is 10.0 Å². The summed E-state index contributed by atoms with van der Waals surface area (Å²) in [5.74, 6) is -0.197. The summed E-state index contributed by atoms with van der Waals surface area (Å²) in [7, 11) is -3.48. The zero-order valence-electron chi connectivity index (χ0n) is 19.8. The standard InChI is InChI=1S/C27H32N2O3S/c1-5-6-10-22-13-17-25(18-14-22)28-27(30)24-15-11-23(12-16-24)19-29(33(4,31)32)26-20(2)8-7-9-21(26)3/h7-9,11-18H,5-6,10,19H2,1-4H3,(H,28,30). The van der Waals surface area contributed by atoms with Crippen molar-refractivity contribution in [3.63, 3.8) is 0 Å². The second-order valence-corrected chi connectivity index (χ2v) is 10.4. The Bertz CT molecular complexity index is 1180. The Balaban J connectivity index is 1.73. The van der Waals surface area contributed by atoms with Gasteiger partial charge in [0.15, 0.2) is 0 Å². The average Bonchev–Trinajstić information content (AvgIpc) is 2.77. The molecule has 3 rings (SSSR count). The van der Waals surface area contributed by atoms with Crippen LogP contribution in [0, 0.1) is 13.8 Å². The molecule has 0 atom stereocenters. The minimum Gasteiger partial charge on any atom is -0.322 e. The highest BCUT2D eigenvalue weighted by molar-refractivity contribution is 7.92. The summed E-state index contributed by atoms with van der Waals surface area (Å²) in [6.45, 7) is 6.18. The number of amides is 1. The molecule has 5 nitrogen and oxygen atoms in total. The molecular formula is C27H32N2O3S. The minimum absolute atomic E-state index is 0.197. The fourth-order valence-corrected chi connectivity index (χ4v) is 4.83. The Labute approximate surface area is 197 Å². The van der Waals surface area contributed by atoms with Crippen molar-refractivity contribution in [2.24, 2.45) is 0 Å². The van der Waals surface area contributed by atoms with Crippen LogP contribution in [0.15, 0.2) is 66.7 Å². The molecule has 1 N–H and O–H groups in total. The SMILES string of the molecule is CCCCc1ccc(NC(=O)c2ccc(CN(c3c(C)cccc3C)S(C)(=O)=O)cc2)cc1. The fraction of sp³-hybridized carbons (Fsp3) is 0.296. The number of carbonyl (C=O) groups excluding carboxylic acids is 1. The molecule has 1 amide bonds. The normalized spacial score (nSPS) is 11.3. The molecule has 33 heavy (non-hydrogen) atoms. The van der Waals surface area contributed by atoms with Gasteiger partial charge in [0.05, 0.1) is 18.5 Å². The fourth-order valence-electron chi connectivity index (χ4n) is 3.83. The van der Waals surface area contributed by atoms with Gasteiger partial charge in [-0.3, -0.25) is 9.10 Å². The van der Waals surface area contributed by atoms with Gasteiger partial charge < -0.3 is 5.32 Å². The second kappa shape index (κ2) is 10.7. The summed E-state index contributed by atoms with van der Waals surface area (Å²) in [5.41, 5.74) is 5.84. The van der Waals surface area contributed by atoms with Crippen molar-refractivity contribution >= 4 is 27.3 Å². The molecule has 0 bridgehead atoms. The molecule has 6 heteroatoms. The van der Waals surface area contributed by atoms with Crippen LogP contribution in [0.2, 0.25) is 0 Å². The lowest BCUT2D eigenvalue weighted by molar-refractivity contribution is 0.102. The summed E-state index contributed by atoms with van der Waals surface area (Å²) in [6.07, 6.45) is 4.56. The van der Waals surface area contributed by atoms with E-state index in [2.05, 4.69) is 12.2 Å². The third-order valence-electron chi connectivity index (χ3n) is 5.66. The van der Waals surface area contributed by atoms with Crippen molar-refractivity contribution in [3.05, 3.63) is 94.5 Å². The van der Waals surface area contributed by atoms with E-state index in [9.17, 15) is 13.2 Å². The number of sulfonamides is 1. The number of para-hydroxylation sites is 1. The van der Waals surface area contributed by atoms with E-state index in [1.165, 1.54) is 16.1 Å². The Morgan fingerprint density at radius 2 is 1.45 bits per heavy atom. The molecule has 0 unspecified atom stereocenters. The maximum atomic E-state index is 12.7. The number of rotatable bonds is 9. The van der Waals surface area contributed by atoms with Crippen molar-refractivity contribution in [2.45, 2.75) is 46.6 Å². The Morgan fingerprint density at radius 1 is 0.879 bits per heavy atom. The minimum atomic E-state index is -3.48. The highest BCUT2D eigenvalue weighted by Crippen LogP contribution is 2.28. The van der Waals surface area contributed by atoms with Crippen LogP contribution in [0.5, 0.6) is 0 Å². The third-order valence-corrected chi connectivity index (χ3v) is 6.77. The van der Waals surface area contributed by atoms with Crippen LogP contribution in [0.1, 0.15) is 52.4 Å². The Kier molecular flexibility index (Phi) is 7.92. The quantitative estimate of drug-likeness (QED) is 0.431. The van der Waals surface area contributed by atoms with E-state index in [4.69, 9.17) is 0 Å². The molecule has 0 aliphatic carbocycles. The van der Waals surface area contributed by atoms with Crippen LogP contribution < -0.4 is 9.62 Å². The van der Waals surface area contributed by atoms with Crippen molar-refractivity contribution in [1.29, 1.82) is 0 Å². The van der Waals surface area contributed by atoms with E-state index in [0.29, 0.717) is 11.3 Å². The molecule has 0 aromatic heterocycles. The number of carbonyl (C=O) groups is 1. The van der Waals surface area contributed by atoms with Gasteiger partial charge in [-0.15, -0.1) is 0 Å². The van der Waals surface area contributed by atoms with Crippen LogP contribution in [-0.2, 0) is 23.0 Å². The Hall–Kier alpha value is -3.12. The van der Waals surface area contributed by atoms with Gasteiger partial charge in [-0.05, 0) is 73.2 Å². The van der Waals surface area contributed by atoms with Crippen molar-refractivity contribution in [3.8, 4) is 0 Å². The average molecular weight is 465 g/mol. The highest BCUT2D eigenvalue weighted by Gasteiger charge is 2.21. The molecule has 0 radical (unpaired) electrons. The first kappa shape index (κ1) is 24.5. The topological polar surface area (TPSA) is 66.5 Å². The molecule has 0 spiro atoms. The number of nitrogens with one attached hydrogen (secondary N) is 1. The van der Waals surface area contributed by atoms with E-state index in [-0.39, 0.29) is 12.5 Å².